The van der Waals surface area contributed by atoms with Gasteiger partial charge in [-0.05, 0) is 62.2 Å². The third-order valence-corrected chi connectivity index (χ3v) is 6.89. The zero-order chi connectivity index (χ0) is 23.9. The fourth-order valence-corrected chi connectivity index (χ4v) is 4.56. The molecule has 2 aromatic carbocycles. The van der Waals surface area contributed by atoms with Gasteiger partial charge in [-0.15, -0.1) is 0 Å². The first kappa shape index (κ1) is 23.5. The number of allylic oxidation sites excluding steroid dienone is 2. The summed E-state index contributed by atoms with van der Waals surface area (Å²) in [6.07, 6.45) is 2.78. The molecule has 2 aliphatic rings. The first-order valence-electron chi connectivity index (χ1n) is 10.3. The molecule has 6 nitrogen and oxygen atoms in total. The van der Waals surface area contributed by atoms with Crippen LogP contribution in [-0.4, -0.2) is 40.1 Å². The summed E-state index contributed by atoms with van der Waals surface area (Å²) in [5.74, 6) is -3.26. The van der Waals surface area contributed by atoms with Gasteiger partial charge in [-0.3, -0.25) is 19.2 Å². The third-order valence-electron chi connectivity index (χ3n) is 5.90. The smallest absolute Gasteiger partial charge is 0.273 e. The fraction of sp³-hybridized carbons (Fsp3) is 0.250. The van der Waals surface area contributed by atoms with Crippen LogP contribution in [0.2, 0.25) is 15.1 Å². The zero-order valence-electron chi connectivity index (χ0n) is 17.6. The van der Waals surface area contributed by atoms with Crippen molar-refractivity contribution in [2.45, 2.75) is 19.8 Å². The van der Waals surface area contributed by atoms with E-state index in [1.54, 1.807) is 12.1 Å². The second-order valence-electron chi connectivity index (χ2n) is 8.11. The Morgan fingerprint density at radius 1 is 0.939 bits per heavy atom. The molecule has 170 valence electrons. The number of benzene rings is 2. The molecule has 33 heavy (non-hydrogen) atoms. The van der Waals surface area contributed by atoms with Gasteiger partial charge in [-0.25, -0.2) is 5.01 Å². The lowest BCUT2D eigenvalue weighted by atomic mass is 9.82. The second kappa shape index (κ2) is 9.29. The third kappa shape index (κ3) is 4.56. The van der Waals surface area contributed by atoms with Crippen molar-refractivity contribution in [3.63, 3.8) is 0 Å². The molecule has 1 saturated heterocycles. The molecule has 1 heterocycles. The molecule has 0 unspecified atom stereocenters. The van der Waals surface area contributed by atoms with Crippen LogP contribution in [0, 0.1) is 11.8 Å². The first-order valence-corrected chi connectivity index (χ1v) is 11.4. The van der Waals surface area contributed by atoms with Crippen LogP contribution in [0.1, 0.15) is 40.5 Å². The van der Waals surface area contributed by atoms with E-state index in [9.17, 15) is 19.2 Å². The number of carbonyl (C=O) groups is 4. The monoisotopic (exact) mass is 504 g/mol. The molecule has 2 atom stereocenters. The summed E-state index contributed by atoms with van der Waals surface area (Å²) >= 11 is 17.9. The highest BCUT2D eigenvalue weighted by Crippen LogP contribution is 2.38. The molecule has 0 bridgehead atoms. The van der Waals surface area contributed by atoms with E-state index in [0.717, 1.165) is 15.6 Å². The SMILES string of the molecule is CC1=CC[C@H]2C(=O)N(N(CC(=O)c3ccc(Cl)cc3)C(=O)c3ccc(Cl)c(Cl)c3)C(=O)[C@@H]2C1. The van der Waals surface area contributed by atoms with E-state index < -0.39 is 41.9 Å². The first-order chi connectivity index (χ1) is 15.7. The lowest BCUT2D eigenvalue weighted by Gasteiger charge is -2.30. The number of hydrogen-bond acceptors (Lipinski definition) is 4. The van der Waals surface area contributed by atoms with Crippen molar-refractivity contribution >= 4 is 58.3 Å². The van der Waals surface area contributed by atoms with E-state index in [1.165, 1.54) is 30.3 Å². The van der Waals surface area contributed by atoms with Gasteiger partial charge >= 0.3 is 0 Å². The molecule has 0 radical (unpaired) electrons. The van der Waals surface area contributed by atoms with Crippen LogP contribution in [0.15, 0.2) is 54.1 Å². The van der Waals surface area contributed by atoms with E-state index in [4.69, 9.17) is 34.8 Å². The summed E-state index contributed by atoms with van der Waals surface area (Å²) in [4.78, 5) is 53.0. The van der Waals surface area contributed by atoms with Gasteiger partial charge in [0.05, 0.1) is 21.9 Å². The zero-order valence-corrected chi connectivity index (χ0v) is 19.8. The quantitative estimate of drug-likeness (QED) is 0.317. The van der Waals surface area contributed by atoms with Crippen molar-refractivity contribution in [1.29, 1.82) is 0 Å². The van der Waals surface area contributed by atoms with Crippen molar-refractivity contribution in [3.8, 4) is 0 Å². The Morgan fingerprint density at radius 2 is 1.58 bits per heavy atom. The Balaban J connectivity index is 1.71. The number of hydrogen-bond donors (Lipinski definition) is 0. The summed E-state index contributed by atoms with van der Waals surface area (Å²) in [5.41, 5.74) is 1.40. The number of amides is 3. The molecule has 1 aliphatic heterocycles. The number of nitrogens with zero attached hydrogens (tertiary/aromatic N) is 2. The Morgan fingerprint density at radius 3 is 2.24 bits per heavy atom. The molecule has 0 aromatic heterocycles. The lowest BCUT2D eigenvalue weighted by molar-refractivity contribution is -0.154. The maximum atomic E-state index is 13.5. The number of Topliss-reactive ketones (excluding diaryl/α,β-unsaturated/α-hetero) is 1. The van der Waals surface area contributed by atoms with Crippen LogP contribution in [0.25, 0.3) is 0 Å². The van der Waals surface area contributed by atoms with Gasteiger partial charge in [0.2, 0.25) is 0 Å². The maximum absolute atomic E-state index is 13.5. The van der Waals surface area contributed by atoms with Gasteiger partial charge in [0.25, 0.3) is 17.7 Å². The highest BCUT2D eigenvalue weighted by atomic mass is 35.5. The molecule has 9 heteroatoms. The standard InChI is InChI=1S/C24H19Cl3N2O4/c1-13-2-8-17-18(10-13)24(33)29(23(17)32)28(12-21(30)14-3-6-16(25)7-4-14)22(31)15-5-9-19(26)20(27)11-15/h2-7,9,11,17-18H,8,10,12H2,1H3/t17-,18-/m1/s1. The largest absolute Gasteiger partial charge is 0.292 e. The molecule has 3 amide bonds. The molecular formula is C24H19Cl3N2O4. The molecule has 4 rings (SSSR count). The van der Waals surface area contributed by atoms with E-state index in [-0.39, 0.29) is 15.6 Å². The molecule has 1 aliphatic carbocycles. The Labute approximate surface area is 205 Å². The predicted molar refractivity (Wildman–Crippen MR) is 125 cm³/mol. The maximum Gasteiger partial charge on any atom is 0.273 e. The van der Waals surface area contributed by atoms with E-state index in [2.05, 4.69) is 0 Å². The predicted octanol–water partition coefficient (Wildman–Crippen LogP) is 5.23. The lowest BCUT2D eigenvalue weighted by Crippen LogP contribution is -2.52. The van der Waals surface area contributed by atoms with E-state index in [1.807, 2.05) is 13.0 Å². The molecule has 2 aromatic rings. The van der Waals surface area contributed by atoms with Crippen LogP contribution in [0.5, 0.6) is 0 Å². The van der Waals surface area contributed by atoms with Gasteiger partial charge in [-0.1, -0.05) is 46.5 Å². The molecular weight excluding hydrogens is 487 g/mol. The number of fused-ring (bicyclic) bond motifs is 1. The van der Waals surface area contributed by atoms with Gasteiger partial charge in [0.15, 0.2) is 5.78 Å². The van der Waals surface area contributed by atoms with Crippen molar-refractivity contribution < 1.29 is 19.2 Å². The fourth-order valence-electron chi connectivity index (χ4n) is 4.13. The van der Waals surface area contributed by atoms with Crippen molar-refractivity contribution in [2.24, 2.45) is 11.8 Å². The summed E-state index contributed by atoms with van der Waals surface area (Å²) in [7, 11) is 0. The summed E-state index contributed by atoms with van der Waals surface area (Å²) in [6, 6.07) is 10.4. The summed E-state index contributed by atoms with van der Waals surface area (Å²) < 4.78 is 0. The average Bonchev–Trinajstić information content (AvgIpc) is 3.03. The van der Waals surface area contributed by atoms with Crippen LogP contribution in [-0.2, 0) is 9.59 Å². The van der Waals surface area contributed by atoms with Crippen LogP contribution < -0.4 is 0 Å². The number of rotatable bonds is 5. The minimum absolute atomic E-state index is 0.0954. The highest BCUT2D eigenvalue weighted by molar-refractivity contribution is 6.42. The van der Waals surface area contributed by atoms with Crippen LogP contribution in [0.4, 0.5) is 0 Å². The van der Waals surface area contributed by atoms with Crippen LogP contribution >= 0.6 is 34.8 Å². The Kier molecular flexibility index (Phi) is 6.61. The molecule has 0 N–H and O–H groups in total. The molecule has 0 spiro atoms. The second-order valence-corrected chi connectivity index (χ2v) is 9.36. The van der Waals surface area contributed by atoms with Gasteiger partial charge in [0.1, 0.15) is 6.54 Å². The van der Waals surface area contributed by atoms with Crippen LogP contribution in [0.3, 0.4) is 0 Å². The summed E-state index contributed by atoms with van der Waals surface area (Å²) in [5, 5.41) is 2.58. The van der Waals surface area contributed by atoms with Gasteiger partial charge in [0, 0.05) is 16.1 Å². The van der Waals surface area contributed by atoms with E-state index in [0.29, 0.717) is 23.4 Å². The topological polar surface area (TPSA) is 74.8 Å². The Hall–Kier alpha value is -2.67. The highest BCUT2D eigenvalue weighted by Gasteiger charge is 2.51. The Bertz CT molecular complexity index is 1190. The number of halogens is 3. The molecule has 0 saturated carbocycles. The minimum atomic E-state index is -0.707. The van der Waals surface area contributed by atoms with Crippen molar-refractivity contribution in [2.75, 3.05) is 6.54 Å². The number of hydrazine groups is 1. The average molecular weight is 506 g/mol. The van der Waals surface area contributed by atoms with Crippen molar-refractivity contribution in [1.82, 2.24) is 10.0 Å². The normalized spacial score (nSPS) is 19.9. The number of ketones is 1. The van der Waals surface area contributed by atoms with Gasteiger partial charge < -0.3 is 0 Å². The minimum Gasteiger partial charge on any atom is -0.292 e. The van der Waals surface area contributed by atoms with Crippen molar-refractivity contribution in [3.05, 3.63) is 80.3 Å². The summed E-state index contributed by atoms with van der Waals surface area (Å²) in [6.45, 7) is 1.39. The number of imide groups is 1. The van der Waals surface area contributed by atoms with Gasteiger partial charge in [-0.2, -0.15) is 5.01 Å². The molecule has 1 fully saturated rings. The van der Waals surface area contributed by atoms with E-state index >= 15 is 0 Å². The number of carbonyl (C=O) groups excluding carboxylic acids is 4.